The van der Waals surface area contributed by atoms with Crippen LogP contribution in [-0.2, 0) is 9.59 Å². The molecule has 0 radical (unpaired) electrons. The predicted molar refractivity (Wildman–Crippen MR) is 112 cm³/mol. The van der Waals surface area contributed by atoms with Crippen LogP contribution in [0.5, 0.6) is 0 Å². The topological polar surface area (TPSA) is 82.0 Å². The fourth-order valence-electron chi connectivity index (χ4n) is 3.10. The van der Waals surface area contributed by atoms with Crippen LogP contribution in [0.25, 0.3) is 0 Å². The monoisotopic (exact) mass is 391 g/mol. The number of anilines is 1. The van der Waals surface area contributed by atoms with Gasteiger partial charge < -0.3 is 10.6 Å². The molecule has 1 heterocycles. The zero-order valence-corrected chi connectivity index (χ0v) is 16.6. The number of aryl methyl sites for hydroxylation is 2. The Bertz CT molecular complexity index is 977. The molecule has 6 heteroatoms. The van der Waals surface area contributed by atoms with Gasteiger partial charge in [0.25, 0.3) is 0 Å². The van der Waals surface area contributed by atoms with E-state index in [0.29, 0.717) is 10.6 Å². The lowest BCUT2D eigenvalue weighted by Gasteiger charge is -2.25. The number of nitrogens with zero attached hydrogens (tertiary/aromatic N) is 1. The van der Waals surface area contributed by atoms with Gasteiger partial charge in [0.2, 0.25) is 11.8 Å². The molecule has 2 aromatic rings. The van der Waals surface area contributed by atoms with Crippen LogP contribution in [0.4, 0.5) is 5.69 Å². The first-order valence-corrected chi connectivity index (χ1v) is 9.95. The van der Waals surface area contributed by atoms with Crippen molar-refractivity contribution >= 4 is 29.3 Å². The van der Waals surface area contributed by atoms with Gasteiger partial charge in [-0.15, -0.1) is 0 Å². The van der Waals surface area contributed by atoms with Crippen LogP contribution in [0.3, 0.4) is 0 Å². The number of hydrogen-bond acceptors (Lipinski definition) is 4. The molecule has 28 heavy (non-hydrogen) atoms. The van der Waals surface area contributed by atoms with E-state index >= 15 is 0 Å². The third-order valence-corrected chi connectivity index (χ3v) is 5.59. The number of amides is 2. The number of benzene rings is 2. The highest BCUT2D eigenvalue weighted by Crippen LogP contribution is 2.35. The van der Waals surface area contributed by atoms with E-state index in [-0.39, 0.29) is 29.9 Å². The standard InChI is InChI=1S/C22H21N3O2S/c1-14-8-9-15(2)19(10-14)24-21(27)13-28-22-18(12-23)17(11-20(26)25-22)16-6-4-3-5-7-16/h3-10,17H,11,13H2,1-2H3,(H,24,27)(H,25,26)/t17-/m0/s1. The molecule has 0 aliphatic carbocycles. The van der Waals surface area contributed by atoms with E-state index in [1.807, 2.05) is 62.4 Å². The summed E-state index contributed by atoms with van der Waals surface area (Å²) in [6.07, 6.45) is 0.228. The molecular formula is C22H21N3O2S. The summed E-state index contributed by atoms with van der Waals surface area (Å²) < 4.78 is 0. The summed E-state index contributed by atoms with van der Waals surface area (Å²) in [7, 11) is 0. The smallest absolute Gasteiger partial charge is 0.234 e. The van der Waals surface area contributed by atoms with Crippen molar-refractivity contribution in [3.8, 4) is 6.07 Å². The first-order chi connectivity index (χ1) is 13.5. The van der Waals surface area contributed by atoms with Gasteiger partial charge in [-0.1, -0.05) is 54.2 Å². The molecule has 5 nitrogen and oxygen atoms in total. The second-order valence-corrected chi connectivity index (χ2v) is 7.71. The highest BCUT2D eigenvalue weighted by molar-refractivity contribution is 8.03. The van der Waals surface area contributed by atoms with Gasteiger partial charge in [0.15, 0.2) is 0 Å². The number of nitriles is 1. The summed E-state index contributed by atoms with van der Waals surface area (Å²) in [6, 6.07) is 17.6. The highest BCUT2D eigenvalue weighted by atomic mass is 32.2. The molecule has 1 aliphatic rings. The van der Waals surface area contributed by atoms with Gasteiger partial charge in [0, 0.05) is 18.0 Å². The average Bonchev–Trinajstić information content (AvgIpc) is 2.69. The molecule has 2 aromatic carbocycles. The zero-order valence-electron chi connectivity index (χ0n) is 15.8. The van der Waals surface area contributed by atoms with Crippen LogP contribution < -0.4 is 10.6 Å². The summed E-state index contributed by atoms with van der Waals surface area (Å²) >= 11 is 1.18. The molecular weight excluding hydrogens is 370 g/mol. The fraction of sp³-hybridized carbons (Fsp3) is 0.227. The molecule has 0 aromatic heterocycles. The third kappa shape index (κ3) is 4.62. The number of rotatable bonds is 5. The maximum atomic E-state index is 12.4. The number of thioether (sulfide) groups is 1. The summed E-state index contributed by atoms with van der Waals surface area (Å²) in [5.41, 5.74) is 4.24. The van der Waals surface area contributed by atoms with E-state index in [1.165, 1.54) is 11.8 Å². The Morgan fingerprint density at radius 2 is 2.00 bits per heavy atom. The van der Waals surface area contributed by atoms with Gasteiger partial charge in [-0.05, 0) is 36.6 Å². The molecule has 0 spiro atoms. The number of carbonyl (C=O) groups excluding carboxylic acids is 2. The van der Waals surface area contributed by atoms with Gasteiger partial charge >= 0.3 is 0 Å². The van der Waals surface area contributed by atoms with Crippen LogP contribution in [0.2, 0.25) is 0 Å². The zero-order chi connectivity index (χ0) is 20.1. The minimum Gasteiger partial charge on any atom is -0.325 e. The van der Waals surface area contributed by atoms with Crippen molar-refractivity contribution in [2.24, 2.45) is 0 Å². The lowest BCUT2D eigenvalue weighted by Crippen LogP contribution is -2.31. The Labute approximate surface area is 168 Å². The fourth-order valence-corrected chi connectivity index (χ4v) is 3.97. The maximum Gasteiger partial charge on any atom is 0.234 e. The molecule has 2 amide bonds. The van der Waals surface area contributed by atoms with E-state index in [9.17, 15) is 14.9 Å². The first kappa shape index (κ1) is 19.7. The lowest BCUT2D eigenvalue weighted by atomic mass is 9.87. The predicted octanol–water partition coefficient (Wildman–Crippen LogP) is 4.01. The Morgan fingerprint density at radius 3 is 2.71 bits per heavy atom. The minimum absolute atomic E-state index is 0.107. The van der Waals surface area contributed by atoms with Crippen molar-refractivity contribution < 1.29 is 9.59 Å². The highest BCUT2D eigenvalue weighted by Gasteiger charge is 2.29. The Kier molecular flexibility index (Phi) is 6.17. The van der Waals surface area contributed by atoms with Crippen molar-refractivity contribution in [1.82, 2.24) is 5.32 Å². The molecule has 142 valence electrons. The minimum atomic E-state index is -0.287. The van der Waals surface area contributed by atoms with Crippen LogP contribution >= 0.6 is 11.8 Å². The van der Waals surface area contributed by atoms with Gasteiger partial charge in [0.1, 0.15) is 0 Å². The summed E-state index contributed by atoms with van der Waals surface area (Å²) in [6.45, 7) is 3.90. The van der Waals surface area contributed by atoms with Crippen molar-refractivity contribution in [3.63, 3.8) is 0 Å². The Hall–Kier alpha value is -3.04. The molecule has 0 fully saturated rings. The van der Waals surface area contributed by atoms with Crippen LogP contribution in [0, 0.1) is 25.2 Å². The molecule has 1 atom stereocenters. The van der Waals surface area contributed by atoms with Gasteiger partial charge in [-0.25, -0.2) is 0 Å². The molecule has 0 saturated heterocycles. The largest absolute Gasteiger partial charge is 0.325 e. The second kappa shape index (κ2) is 8.77. The quantitative estimate of drug-likeness (QED) is 0.807. The van der Waals surface area contributed by atoms with E-state index in [1.54, 1.807) is 0 Å². The van der Waals surface area contributed by atoms with Gasteiger partial charge in [0.05, 0.1) is 22.4 Å². The third-order valence-electron chi connectivity index (χ3n) is 4.57. The molecule has 0 bridgehead atoms. The molecule has 2 N–H and O–H groups in total. The van der Waals surface area contributed by atoms with Crippen molar-refractivity contribution in [1.29, 1.82) is 5.26 Å². The van der Waals surface area contributed by atoms with Gasteiger partial charge in [-0.2, -0.15) is 5.26 Å². The van der Waals surface area contributed by atoms with E-state index in [4.69, 9.17) is 0 Å². The SMILES string of the molecule is Cc1ccc(C)c(NC(=O)CSC2=C(C#N)[C@H](c3ccccc3)CC(=O)N2)c1. The average molecular weight is 391 g/mol. The van der Waals surface area contributed by atoms with E-state index < -0.39 is 0 Å². The summed E-state index contributed by atoms with van der Waals surface area (Å²) in [5.74, 6) is -0.509. The molecule has 1 aliphatic heterocycles. The molecule has 0 unspecified atom stereocenters. The Balaban J connectivity index is 1.75. The Morgan fingerprint density at radius 1 is 1.25 bits per heavy atom. The summed E-state index contributed by atoms with van der Waals surface area (Å²) in [4.78, 5) is 24.6. The number of carbonyl (C=O) groups is 2. The maximum absolute atomic E-state index is 12.4. The lowest BCUT2D eigenvalue weighted by molar-refractivity contribution is -0.121. The van der Waals surface area contributed by atoms with Crippen molar-refractivity contribution in [2.45, 2.75) is 26.2 Å². The molecule has 0 saturated carbocycles. The second-order valence-electron chi connectivity index (χ2n) is 6.73. The van der Waals surface area contributed by atoms with Gasteiger partial charge in [-0.3, -0.25) is 9.59 Å². The molecule has 3 rings (SSSR count). The van der Waals surface area contributed by atoms with E-state index in [2.05, 4.69) is 16.7 Å². The normalized spacial score (nSPS) is 16.3. The van der Waals surface area contributed by atoms with E-state index in [0.717, 1.165) is 22.4 Å². The van der Waals surface area contributed by atoms with Crippen LogP contribution in [0.15, 0.2) is 59.1 Å². The number of hydrogen-bond donors (Lipinski definition) is 2. The summed E-state index contributed by atoms with van der Waals surface area (Å²) in [5, 5.41) is 15.8. The number of allylic oxidation sites excluding steroid dienone is 1. The van der Waals surface area contributed by atoms with Crippen LogP contribution in [-0.4, -0.2) is 17.6 Å². The van der Waals surface area contributed by atoms with Crippen LogP contribution in [0.1, 0.15) is 29.0 Å². The number of nitrogens with one attached hydrogen (secondary N) is 2. The van der Waals surface area contributed by atoms with Crippen molar-refractivity contribution in [3.05, 3.63) is 75.8 Å². The first-order valence-electron chi connectivity index (χ1n) is 8.97. The van der Waals surface area contributed by atoms with Crippen molar-refractivity contribution in [2.75, 3.05) is 11.1 Å².